The summed E-state index contributed by atoms with van der Waals surface area (Å²) in [6.07, 6.45) is 3.47. The van der Waals surface area contributed by atoms with Crippen LogP contribution in [0.25, 0.3) is 0 Å². The lowest BCUT2D eigenvalue weighted by Gasteiger charge is -2.40. The Bertz CT molecular complexity index is 213. The van der Waals surface area contributed by atoms with Gasteiger partial charge in [0.2, 0.25) is 0 Å². The van der Waals surface area contributed by atoms with Crippen molar-refractivity contribution in [2.45, 2.75) is 25.3 Å². The van der Waals surface area contributed by atoms with Crippen molar-refractivity contribution in [1.29, 1.82) is 0 Å². The van der Waals surface area contributed by atoms with Crippen molar-refractivity contribution < 1.29 is 9.47 Å². The van der Waals surface area contributed by atoms with Crippen molar-refractivity contribution >= 4 is 12.6 Å². The molecule has 2 aliphatic heterocycles. The summed E-state index contributed by atoms with van der Waals surface area (Å²) in [7, 11) is 2.22. The minimum atomic E-state index is 0.360. The molecule has 0 amide bonds. The van der Waals surface area contributed by atoms with E-state index in [2.05, 4.69) is 24.6 Å². The minimum Gasteiger partial charge on any atom is -0.381 e. The molecule has 0 aliphatic carbocycles. The van der Waals surface area contributed by atoms with Crippen molar-refractivity contribution in [1.82, 2.24) is 4.90 Å². The molecule has 2 fully saturated rings. The fourth-order valence-electron chi connectivity index (χ4n) is 2.70. The second kappa shape index (κ2) is 5.71. The van der Waals surface area contributed by atoms with Crippen LogP contribution < -0.4 is 0 Å². The first-order valence-corrected chi connectivity index (χ1v) is 6.86. The molecule has 2 aliphatic rings. The molecule has 2 rings (SSSR count). The molecule has 0 radical (unpaired) electrons. The average molecular weight is 245 g/mol. The smallest absolute Gasteiger partial charge is 0.0622 e. The topological polar surface area (TPSA) is 21.7 Å². The second-order valence-electron chi connectivity index (χ2n) is 5.20. The number of ether oxygens (including phenoxy) is 2. The Balaban J connectivity index is 1.89. The van der Waals surface area contributed by atoms with Crippen LogP contribution in [0.5, 0.6) is 0 Å². The fourth-order valence-corrected chi connectivity index (χ4v) is 3.11. The highest BCUT2D eigenvalue weighted by atomic mass is 32.1. The van der Waals surface area contributed by atoms with E-state index in [1.54, 1.807) is 0 Å². The van der Waals surface area contributed by atoms with Gasteiger partial charge in [-0.3, -0.25) is 0 Å². The Kier molecular flexibility index (Phi) is 4.53. The third-order valence-electron chi connectivity index (χ3n) is 4.00. The van der Waals surface area contributed by atoms with Crippen LogP contribution in [0.4, 0.5) is 0 Å². The largest absolute Gasteiger partial charge is 0.381 e. The Labute approximate surface area is 104 Å². The Morgan fingerprint density at radius 1 is 1.25 bits per heavy atom. The van der Waals surface area contributed by atoms with Crippen LogP contribution in [0, 0.1) is 5.41 Å². The molecule has 2 heterocycles. The number of nitrogens with zero attached hydrogens (tertiary/aromatic N) is 1. The van der Waals surface area contributed by atoms with Crippen molar-refractivity contribution in [3.63, 3.8) is 0 Å². The molecule has 0 aromatic rings. The molecule has 0 bridgehead atoms. The number of likely N-dealkylation sites (N-methyl/N-ethyl adjacent to an activating group) is 1. The molecule has 0 aromatic heterocycles. The molecule has 1 atom stereocenters. The lowest BCUT2D eigenvalue weighted by molar-refractivity contribution is 0.00466. The summed E-state index contributed by atoms with van der Waals surface area (Å²) in [5.41, 5.74) is 0.360. The third-order valence-corrected chi connectivity index (χ3v) is 4.67. The number of hydrogen-bond acceptors (Lipinski definition) is 4. The molecule has 3 nitrogen and oxygen atoms in total. The van der Waals surface area contributed by atoms with Crippen molar-refractivity contribution in [3.05, 3.63) is 0 Å². The van der Waals surface area contributed by atoms with Gasteiger partial charge in [-0.25, -0.2) is 0 Å². The first-order valence-electron chi connectivity index (χ1n) is 6.22. The average Bonchev–Trinajstić information content (AvgIpc) is 2.84. The van der Waals surface area contributed by atoms with Gasteiger partial charge in [-0.15, -0.1) is 0 Å². The molecular formula is C12H23NO2S. The van der Waals surface area contributed by atoms with Gasteiger partial charge in [-0.2, -0.15) is 12.6 Å². The fraction of sp³-hybridized carbons (Fsp3) is 1.00. The Morgan fingerprint density at radius 2 is 2.00 bits per heavy atom. The van der Waals surface area contributed by atoms with E-state index in [9.17, 15) is 0 Å². The third kappa shape index (κ3) is 2.92. The van der Waals surface area contributed by atoms with E-state index >= 15 is 0 Å². The quantitative estimate of drug-likeness (QED) is 0.757. The first-order chi connectivity index (χ1) is 7.76. The summed E-state index contributed by atoms with van der Waals surface area (Å²) in [5, 5.41) is 0. The number of rotatable bonds is 4. The van der Waals surface area contributed by atoms with Crippen molar-refractivity contribution in [2.24, 2.45) is 5.41 Å². The molecule has 0 spiro atoms. The van der Waals surface area contributed by atoms with Gasteiger partial charge >= 0.3 is 0 Å². The lowest BCUT2D eigenvalue weighted by Crippen LogP contribution is -2.45. The molecular weight excluding hydrogens is 222 g/mol. The Hall–Kier alpha value is 0.230. The van der Waals surface area contributed by atoms with Crippen molar-refractivity contribution in [3.8, 4) is 0 Å². The first kappa shape index (κ1) is 12.7. The highest BCUT2D eigenvalue weighted by molar-refractivity contribution is 7.80. The lowest BCUT2D eigenvalue weighted by atomic mass is 9.81. The van der Waals surface area contributed by atoms with Gasteiger partial charge < -0.3 is 14.4 Å². The van der Waals surface area contributed by atoms with Crippen LogP contribution in [0.15, 0.2) is 0 Å². The molecule has 1 unspecified atom stereocenters. The predicted octanol–water partition coefficient (Wildman–Crippen LogP) is 1.43. The van der Waals surface area contributed by atoms with Crippen LogP contribution in [-0.2, 0) is 9.47 Å². The van der Waals surface area contributed by atoms with Crippen LogP contribution in [-0.4, -0.2) is 56.7 Å². The minimum absolute atomic E-state index is 0.360. The maximum Gasteiger partial charge on any atom is 0.0622 e. The van der Waals surface area contributed by atoms with Gasteiger partial charge in [-0.1, -0.05) is 0 Å². The summed E-state index contributed by atoms with van der Waals surface area (Å²) < 4.78 is 10.9. The monoisotopic (exact) mass is 245 g/mol. The number of hydrogen-bond donors (Lipinski definition) is 1. The van der Waals surface area contributed by atoms with Gasteiger partial charge in [0.25, 0.3) is 0 Å². The van der Waals surface area contributed by atoms with Crippen LogP contribution in [0.3, 0.4) is 0 Å². The molecule has 0 N–H and O–H groups in total. The highest BCUT2D eigenvalue weighted by Crippen LogP contribution is 2.33. The zero-order valence-electron chi connectivity index (χ0n) is 10.2. The van der Waals surface area contributed by atoms with Crippen LogP contribution in [0.2, 0.25) is 0 Å². The number of thiol groups is 1. The second-order valence-corrected chi connectivity index (χ2v) is 5.52. The van der Waals surface area contributed by atoms with Crippen molar-refractivity contribution in [2.75, 3.05) is 45.8 Å². The molecule has 94 valence electrons. The van der Waals surface area contributed by atoms with E-state index < -0.39 is 0 Å². The summed E-state index contributed by atoms with van der Waals surface area (Å²) in [6.45, 7) is 4.75. The normalized spacial score (nSPS) is 29.8. The highest BCUT2D eigenvalue weighted by Gasteiger charge is 2.34. The van der Waals surface area contributed by atoms with Gasteiger partial charge in [0, 0.05) is 32.4 Å². The van der Waals surface area contributed by atoms with E-state index in [1.807, 2.05) is 0 Å². The molecule has 2 saturated heterocycles. The molecule has 16 heavy (non-hydrogen) atoms. The molecule has 4 heteroatoms. The van der Waals surface area contributed by atoms with Gasteiger partial charge in [0.1, 0.15) is 0 Å². The maximum absolute atomic E-state index is 5.46. The van der Waals surface area contributed by atoms with E-state index in [1.165, 1.54) is 6.42 Å². The van der Waals surface area contributed by atoms with E-state index in [0.29, 0.717) is 11.5 Å². The van der Waals surface area contributed by atoms with E-state index in [4.69, 9.17) is 9.47 Å². The summed E-state index contributed by atoms with van der Waals surface area (Å²) in [4.78, 5) is 2.47. The van der Waals surface area contributed by atoms with Gasteiger partial charge in [-0.05, 0) is 37.5 Å². The summed E-state index contributed by atoms with van der Waals surface area (Å²) >= 11 is 4.55. The van der Waals surface area contributed by atoms with E-state index in [0.717, 1.165) is 51.6 Å². The standard InChI is InChI=1S/C12H23NO2S/c1-13(11-2-5-15-8-11)9-12(10-16)3-6-14-7-4-12/h11,16H,2-10H2,1H3. The SMILES string of the molecule is CN(CC1(CS)CCOCC1)C1CCOC1. The van der Waals surface area contributed by atoms with Gasteiger partial charge in [0.05, 0.1) is 6.61 Å². The summed E-state index contributed by atoms with van der Waals surface area (Å²) in [5.74, 6) is 0.967. The van der Waals surface area contributed by atoms with Crippen LogP contribution in [0.1, 0.15) is 19.3 Å². The molecule has 0 saturated carbocycles. The van der Waals surface area contributed by atoms with E-state index in [-0.39, 0.29) is 0 Å². The summed E-state index contributed by atoms with van der Waals surface area (Å²) in [6, 6.07) is 0.611. The zero-order chi connectivity index (χ0) is 11.4. The predicted molar refractivity (Wildman–Crippen MR) is 68.2 cm³/mol. The Morgan fingerprint density at radius 3 is 2.56 bits per heavy atom. The molecule has 0 aromatic carbocycles. The van der Waals surface area contributed by atoms with Gasteiger partial charge in [0.15, 0.2) is 0 Å². The zero-order valence-corrected chi connectivity index (χ0v) is 11.0. The maximum atomic E-state index is 5.46. The van der Waals surface area contributed by atoms with Crippen LogP contribution >= 0.6 is 12.6 Å².